The summed E-state index contributed by atoms with van der Waals surface area (Å²) in [5.41, 5.74) is 3.28. The Morgan fingerprint density at radius 3 is 2.48 bits per heavy atom. The van der Waals surface area contributed by atoms with Gasteiger partial charge in [-0.1, -0.05) is 6.07 Å². The van der Waals surface area contributed by atoms with Crippen LogP contribution in [0.15, 0.2) is 35.5 Å². The minimum absolute atomic E-state index is 0.0821. The predicted octanol–water partition coefficient (Wildman–Crippen LogP) is 1.91. The van der Waals surface area contributed by atoms with Crippen LogP contribution in [0.5, 0.6) is 0 Å². The van der Waals surface area contributed by atoms with Gasteiger partial charge in [0.25, 0.3) is 0 Å². The summed E-state index contributed by atoms with van der Waals surface area (Å²) in [4.78, 5) is 8.59. The molecule has 0 radical (unpaired) electrons. The van der Waals surface area contributed by atoms with Crippen molar-refractivity contribution in [2.24, 2.45) is 5.14 Å². The molecule has 2 rings (SSSR count). The van der Waals surface area contributed by atoms with Crippen LogP contribution in [0.25, 0.3) is 0 Å². The number of aryl methyl sites for hydroxylation is 2. The standard InChI is InChI=1S/C14H18N4O2S/c1-9-4-5-12(21(15,19)20)8-13(9)18-11(3)14-10(2)16-6-7-17-14/h4-8,11,18H,1-3H3,(H2,15,19,20). The summed E-state index contributed by atoms with van der Waals surface area (Å²) in [6, 6.07) is 4.65. The molecule has 1 heterocycles. The smallest absolute Gasteiger partial charge is 0.238 e. The number of primary sulfonamides is 1. The third-order valence-corrected chi connectivity index (χ3v) is 4.15. The predicted molar refractivity (Wildman–Crippen MR) is 81.4 cm³/mol. The molecular formula is C14H18N4O2S. The third-order valence-electron chi connectivity index (χ3n) is 3.24. The van der Waals surface area contributed by atoms with E-state index in [2.05, 4.69) is 15.3 Å². The normalized spacial score (nSPS) is 13.0. The SMILES string of the molecule is Cc1ccc(S(N)(=O)=O)cc1NC(C)c1nccnc1C. The molecule has 0 amide bonds. The zero-order valence-corrected chi connectivity index (χ0v) is 13.0. The lowest BCUT2D eigenvalue weighted by Gasteiger charge is -2.18. The number of hydrogen-bond donors (Lipinski definition) is 2. The Morgan fingerprint density at radius 2 is 1.86 bits per heavy atom. The van der Waals surface area contributed by atoms with Crippen molar-refractivity contribution < 1.29 is 8.42 Å². The lowest BCUT2D eigenvalue weighted by molar-refractivity contribution is 0.598. The quantitative estimate of drug-likeness (QED) is 0.899. The number of nitrogens with two attached hydrogens (primary N) is 1. The topological polar surface area (TPSA) is 98.0 Å². The van der Waals surface area contributed by atoms with Crippen LogP contribution in [0.4, 0.5) is 5.69 Å². The van der Waals surface area contributed by atoms with Crippen molar-refractivity contribution in [3.05, 3.63) is 47.5 Å². The zero-order valence-electron chi connectivity index (χ0n) is 12.2. The van der Waals surface area contributed by atoms with Crippen LogP contribution in [0, 0.1) is 13.8 Å². The first kappa shape index (κ1) is 15.4. The molecule has 0 saturated carbocycles. The van der Waals surface area contributed by atoms with E-state index in [4.69, 9.17) is 5.14 Å². The summed E-state index contributed by atoms with van der Waals surface area (Å²) < 4.78 is 22.9. The Labute approximate surface area is 124 Å². The molecule has 112 valence electrons. The van der Waals surface area contributed by atoms with E-state index in [-0.39, 0.29) is 10.9 Å². The van der Waals surface area contributed by atoms with E-state index < -0.39 is 10.0 Å². The van der Waals surface area contributed by atoms with E-state index >= 15 is 0 Å². The molecule has 0 aliphatic rings. The van der Waals surface area contributed by atoms with Crippen molar-refractivity contribution in [3.8, 4) is 0 Å². The van der Waals surface area contributed by atoms with Gasteiger partial charge in [0.05, 0.1) is 22.3 Å². The van der Waals surface area contributed by atoms with Gasteiger partial charge >= 0.3 is 0 Å². The van der Waals surface area contributed by atoms with Crippen molar-refractivity contribution >= 4 is 15.7 Å². The zero-order chi connectivity index (χ0) is 15.6. The maximum absolute atomic E-state index is 11.4. The Kier molecular flexibility index (Phi) is 4.24. The fraction of sp³-hybridized carbons (Fsp3) is 0.286. The van der Waals surface area contributed by atoms with Crippen LogP contribution in [-0.2, 0) is 10.0 Å². The molecular weight excluding hydrogens is 288 g/mol. The van der Waals surface area contributed by atoms with Gasteiger partial charge in [-0.15, -0.1) is 0 Å². The fourth-order valence-corrected chi connectivity index (χ4v) is 2.62. The summed E-state index contributed by atoms with van der Waals surface area (Å²) >= 11 is 0. The van der Waals surface area contributed by atoms with Gasteiger partial charge in [-0.3, -0.25) is 9.97 Å². The van der Waals surface area contributed by atoms with Gasteiger partial charge in [-0.2, -0.15) is 0 Å². The Bertz CT molecular complexity index is 759. The molecule has 0 fully saturated rings. The highest BCUT2D eigenvalue weighted by Crippen LogP contribution is 2.24. The van der Waals surface area contributed by atoms with E-state index in [0.29, 0.717) is 5.69 Å². The molecule has 0 aliphatic carbocycles. The van der Waals surface area contributed by atoms with E-state index in [9.17, 15) is 8.42 Å². The van der Waals surface area contributed by atoms with E-state index in [1.165, 1.54) is 12.1 Å². The Balaban J connectivity index is 2.33. The molecule has 0 aliphatic heterocycles. The van der Waals surface area contributed by atoms with E-state index in [1.54, 1.807) is 18.5 Å². The van der Waals surface area contributed by atoms with Gasteiger partial charge in [-0.05, 0) is 38.5 Å². The monoisotopic (exact) mass is 306 g/mol. The van der Waals surface area contributed by atoms with Crippen LogP contribution in [0.3, 0.4) is 0 Å². The van der Waals surface area contributed by atoms with E-state index in [1.807, 2.05) is 20.8 Å². The summed E-state index contributed by atoms with van der Waals surface area (Å²) in [6.45, 7) is 5.72. The number of benzene rings is 1. The van der Waals surface area contributed by atoms with Crippen molar-refractivity contribution in [3.63, 3.8) is 0 Å². The highest BCUT2D eigenvalue weighted by atomic mass is 32.2. The molecule has 6 nitrogen and oxygen atoms in total. The van der Waals surface area contributed by atoms with Crippen LogP contribution in [0.1, 0.15) is 29.9 Å². The number of aromatic nitrogens is 2. The minimum atomic E-state index is -3.72. The highest BCUT2D eigenvalue weighted by Gasteiger charge is 2.14. The molecule has 0 spiro atoms. The van der Waals surface area contributed by atoms with Gasteiger partial charge in [0.15, 0.2) is 0 Å². The molecule has 3 N–H and O–H groups in total. The summed E-state index contributed by atoms with van der Waals surface area (Å²) in [5, 5.41) is 8.42. The van der Waals surface area contributed by atoms with Gasteiger partial charge in [0, 0.05) is 18.1 Å². The van der Waals surface area contributed by atoms with Gasteiger partial charge in [0.2, 0.25) is 10.0 Å². The molecule has 2 aromatic rings. The molecule has 1 atom stereocenters. The summed E-state index contributed by atoms with van der Waals surface area (Å²) in [6.07, 6.45) is 3.27. The van der Waals surface area contributed by atoms with Gasteiger partial charge in [-0.25, -0.2) is 13.6 Å². The average Bonchev–Trinajstić information content (AvgIpc) is 2.40. The highest BCUT2D eigenvalue weighted by molar-refractivity contribution is 7.89. The van der Waals surface area contributed by atoms with Crippen molar-refractivity contribution in [2.45, 2.75) is 31.7 Å². The number of hydrogen-bond acceptors (Lipinski definition) is 5. The minimum Gasteiger partial charge on any atom is -0.377 e. The first-order valence-corrected chi connectivity index (χ1v) is 8.01. The number of anilines is 1. The second kappa shape index (κ2) is 5.79. The van der Waals surface area contributed by atoms with Gasteiger partial charge < -0.3 is 5.32 Å². The van der Waals surface area contributed by atoms with Crippen LogP contribution in [-0.4, -0.2) is 18.4 Å². The molecule has 7 heteroatoms. The summed E-state index contributed by atoms with van der Waals surface area (Å²) in [7, 11) is -3.72. The lowest BCUT2D eigenvalue weighted by Crippen LogP contribution is -2.15. The number of nitrogens with zero attached hydrogens (tertiary/aromatic N) is 2. The maximum Gasteiger partial charge on any atom is 0.238 e. The van der Waals surface area contributed by atoms with Crippen molar-refractivity contribution in [1.29, 1.82) is 0 Å². The second-order valence-electron chi connectivity index (χ2n) is 4.91. The Hall–Kier alpha value is -1.99. The number of sulfonamides is 1. The van der Waals surface area contributed by atoms with Crippen LogP contribution < -0.4 is 10.5 Å². The molecule has 0 saturated heterocycles. The average molecular weight is 306 g/mol. The molecule has 1 aromatic carbocycles. The largest absolute Gasteiger partial charge is 0.377 e. The van der Waals surface area contributed by atoms with E-state index in [0.717, 1.165) is 17.0 Å². The van der Waals surface area contributed by atoms with Gasteiger partial charge in [0.1, 0.15) is 0 Å². The summed E-state index contributed by atoms with van der Waals surface area (Å²) in [5.74, 6) is 0. The van der Waals surface area contributed by atoms with Crippen LogP contribution >= 0.6 is 0 Å². The molecule has 1 aromatic heterocycles. The first-order valence-electron chi connectivity index (χ1n) is 6.46. The molecule has 21 heavy (non-hydrogen) atoms. The van der Waals surface area contributed by atoms with Crippen LogP contribution in [0.2, 0.25) is 0 Å². The third kappa shape index (κ3) is 3.56. The molecule has 0 bridgehead atoms. The molecule has 1 unspecified atom stereocenters. The van der Waals surface area contributed by atoms with Crippen molar-refractivity contribution in [2.75, 3.05) is 5.32 Å². The van der Waals surface area contributed by atoms with Crippen molar-refractivity contribution in [1.82, 2.24) is 9.97 Å². The second-order valence-corrected chi connectivity index (χ2v) is 6.48. The maximum atomic E-state index is 11.4. The first-order chi connectivity index (χ1) is 9.79. The number of rotatable bonds is 4. The lowest BCUT2D eigenvalue weighted by atomic mass is 10.1. The number of nitrogens with one attached hydrogen (secondary N) is 1. The Morgan fingerprint density at radius 1 is 1.19 bits per heavy atom. The fourth-order valence-electron chi connectivity index (χ4n) is 2.08.